The first-order valence-electron chi connectivity index (χ1n) is 4.96. The van der Waals surface area contributed by atoms with E-state index in [0.29, 0.717) is 21.2 Å². The van der Waals surface area contributed by atoms with Crippen LogP contribution < -0.4 is 0 Å². The molecule has 0 radical (unpaired) electrons. The van der Waals surface area contributed by atoms with Gasteiger partial charge in [0.15, 0.2) is 0 Å². The summed E-state index contributed by atoms with van der Waals surface area (Å²) in [6.07, 6.45) is 3.43. The first kappa shape index (κ1) is 10.5. The number of pyridine rings is 1. The van der Waals surface area contributed by atoms with Crippen molar-refractivity contribution in [2.24, 2.45) is 0 Å². The summed E-state index contributed by atoms with van der Waals surface area (Å²) in [5.41, 5.74) is 1.16. The molecular weight excluding hydrogens is 256 g/mol. The first-order valence-corrected chi connectivity index (χ1v) is 6.22. The number of carbonyl (C=O) groups excluding carboxylic acids is 1. The van der Waals surface area contributed by atoms with Crippen LogP contribution in [-0.4, -0.2) is 15.2 Å². The Morgan fingerprint density at radius 3 is 2.94 bits per heavy atom. The summed E-state index contributed by atoms with van der Waals surface area (Å²) in [7, 11) is 0. The van der Waals surface area contributed by atoms with E-state index >= 15 is 0 Å². The Kier molecular flexibility index (Phi) is 2.46. The van der Waals surface area contributed by atoms with E-state index in [1.807, 2.05) is 11.4 Å². The number of imidazole rings is 1. The van der Waals surface area contributed by atoms with Gasteiger partial charge in [0.2, 0.25) is 5.78 Å². The fourth-order valence-corrected chi connectivity index (χ4v) is 2.45. The van der Waals surface area contributed by atoms with Crippen LogP contribution in [0.25, 0.3) is 5.65 Å². The van der Waals surface area contributed by atoms with Crippen molar-refractivity contribution in [1.82, 2.24) is 9.38 Å². The Morgan fingerprint density at radius 1 is 1.29 bits per heavy atom. The quantitative estimate of drug-likeness (QED) is 0.664. The van der Waals surface area contributed by atoms with E-state index in [9.17, 15) is 4.79 Å². The van der Waals surface area contributed by atoms with Crippen LogP contribution in [0.15, 0.2) is 42.0 Å². The largest absolute Gasteiger partial charge is 0.305 e. The van der Waals surface area contributed by atoms with Gasteiger partial charge in [-0.3, -0.25) is 4.79 Å². The third-order valence-corrected chi connectivity index (χ3v) is 3.48. The number of carbonyl (C=O) groups is 1. The molecule has 0 aromatic carbocycles. The van der Waals surface area contributed by atoms with Gasteiger partial charge in [0, 0.05) is 12.4 Å². The van der Waals surface area contributed by atoms with Crippen molar-refractivity contribution in [3.8, 4) is 0 Å². The highest BCUT2D eigenvalue weighted by Crippen LogP contribution is 2.16. The van der Waals surface area contributed by atoms with E-state index in [-0.39, 0.29) is 5.78 Å². The number of hydrogen-bond donors (Lipinski definition) is 0. The highest BCUT2D eigenvalue weighted by molar-refractivity contribution is 7.12. The lowest BCUT2D eigenvalue weighted by atomic mass is 10.2. The summed E-state index contributed by atoms with van der Waals surface area (Å²) in [6, 6.07) is 7.19. The van der Waals surface area contributed by atoms with Gasteiger partial charge < -0.3 is 4.40 Å². The smallest absolute Gasteiger partial charge is 0.222 e. The molecule has 3 heterocycles. The van der Waals surface area contributed by atoms with E-state index in [0.717, 1.165) is 0 Å². The second-order valence-corrected chi connectivity index (χ2v) is 4.93. The Labute approximate surface area is 106 Å². The fourth-order valence-electron chi connectivity index (χ4n) is 1.61. The van der Waals surface area contributed by atoms with Crippen molar-refractivity contribution >= 4 is 34.4 Å². The molecule has 0 spiro atoms. The summed E-state index contributed by atoms with van der Waals surface area (Å²) >= 11 is 7.29. The molecule has 0 unspecified atom stereocenters. The number of thiophene rings is 1. The molecule has 17 heavy (non-hydrogen) atoms. The molecule has 0 saturated heterocycles. The van der Waals surface area contributed by atoms with E-state index in [2.05, 4.69) is 4.98 Å². The number of aromatic nitrogens is 2. The van der Waals surface area contributed by atoms with Crippen molar-refractivity contribution in [3.63, 3.8) is 0 Å². The molecule has 0 atom stereocenters. The first-order chi connectivity index (χ1) is 8.24. The third kappa shape index (κ3) is 1.85. The van der Waals surface area contributed by atoms with Crippen LogP contribution >= 0.6 is 22.9 Å². The van der Waals surface area contributed by atoms with Gasteiger partial charge in [0.05, 0.1) is 9.90 Å². The predicted octanol–water partition coefficient (Wildman–Crippen LogP) is 3.28. The average molecular weight is 263 g/mol. The molecule has 5 heteroatoms. The lowest BCUT2D eigenvalue weighted by molar-refractivity contribution is 0.103. The van der Waals surface area contributed by atoms with Crippen molar-refractivity contribution in [3.05, 3.63) is 57.6 Å². The average Bonchev–Trinajstić information content (AvgIpc) is 2.96. The summed E-state index contributed by atoms with van der Waals surface area (Å²) in [4.78, 5) is 17.0. The molecule has 84 valence electrons. The van der Waals surface area contributed by atoms with Crippen molar-refractivity contribution in [2.45, 2.75) is 0 Å². The predicted molar refractivity (Wildman–Crippen MR) is 68.0 cm³/mol. The zero-order chi connectivity index (χ0) is 11.8. The Balaban J connectivity index is 2.09. The summed E-state index contributed by atoms with van der Waals surface area (Å²) in [5.74, 6) is -0.0557. The van der Waals surface area contributed by atoms with Gasteiger partial charge in [-0.05, 0) is 23.6 Å². The van der Waals surface area contributed by atoms with E-state index in [1.54, 1.807) is 35.0 Å². The summed E-state index contributed by atoms with van der Waals surface area (Å²) < 4.78 is 1.75. The second-order valence-electron chi connectivity index (χ2n) is 3.55. The summed E-state index contributed by atoms with van der Waals surface area (Å²) in [6.45, 7) is 0. The molecule has 0 bridgehead atoms. The number of halogens is 1. The van der Waals surface area contributed by atoms with Gasteiger partial charge in [-0.2, -0.15) is 0 Å². The Hall–Kier alpha value is -1.65. The monoisotopic (exact) mass is 262 g/mol. The lowest BCUT2D eigenvalue weighted by Crippen LogP contribution is -1.98. The molecule has 0 amide bonds. The van der Waals surface area contributed by atoms with Crippen molar-refractivity contribution < 1.29 is 4.79 Å². The minimum Gasteiger partial charge on any atom is -0.305 e. The minimum atomic E-state index is -0.0557. The number of fused-ring (bicyclic) bond motifs is 1. The van der Waals surface area contributed by atoms with Gasteiger partial charge in [0.25, 0.3) is 0 Å². The maximum absolute atomic E-state index is 12.1. The SMILES string of the molecule is O=C(c1cn2cc(Cl)ccc2n1)c1cccs1. The van der Waals surface area contributed by atoms with Gasteiger partial charge in [0.1, 0.15) is 11.3 Å². The number of nitrogens with zero attached hydrogens (tertiary/aromatic N) is 2. The zero-order valence-corrected chi connectivity index (χ0v) is 10.2. The second kappa shape index (κ2) is 3.98. The van der Waals surface area contributed by atoms with Crippen LogP contribution in [0.4, 0.5) is 0 Å². The van der Waals surface area contributed by atoms with Gasteiger partial charge >= 0.3 is 0 Å². The lowest BCUT2D eigenvalue weighted by Gasteiger charge is -1.91. The molecule has 3 aromatic heterocycles. The fraction of sp³-hybridized carbons (Fsp3) is 0. The van der Waals surface area contributed by atoms with Crippen LogP contribution in [0.2, 0.25) is 5.02 Å². The highest BCUT2D eigenvalue weighted by atomic mass is 35.5. The Morgan fingerprint density at radius 2 is 2.18 bits per heavy atom. The maximum atomic E-state index is 12.1. The van der Waals surface area contributed by atoms with Crippen LogP contribution in [0.1, 0.15) is 15.4 Å². The normalized spacial score (nSPS) is 10.9. The van der Waals surface area contributed by atoms with Crippen LogP contribution in [-0.2, 0) is 0 Å². The Bertz CT molecular complexity index is 688. The molecule has 3 nitrogen and oxygen atoms in total. The molecule has 3 rings (SSSR count). The third-order valence-electron chi connectivity index (χ3n) is 2.39. The molecular formula is C12H7ClN2OS. The highest BCUT2D eigenvalue weighted by Gasteiger charge is 2.13. The van der Waals surface area contributed by atoms with Crippen LogP contribution in [0, 0.1) is 0 Å². The van der Waals surface area contributed by atoms with E-state index < -0.39 is 0 Å². The van der Waals surface area contributed by atoms with Gasteiger partial charge in [-0.25, -0.2) is 4.98 Å². The number of rotatable bonds is 2. The summed E-state index contributed by atoms with van der Waals surface area (Å²) in [5, 5.41) is 2.49. The van der Waals surface area contributed by atoms with Crippen molar-refractivity contribution in [2.75, 3.05) is 0 Å². The number of hydrogen-bond acceptors (Lipinski definition) is 3. The van der Waals surface area contributed by atoms with Crippen LogP contribution in [0.3, 0.4) is 0 Å². The zero-order valence-electron chi connectivity index (χ0n) is 8.63. The maximum Gasteiger partial charge on any atom is 0.222 e. The molecule has 0 aliphatic heterocycles. The van der Waals surface area contributed by atoms with Crippen LogP contribution in [0.5, 0.6) is 0 Å². The molecule has 0 fully saturated rings. The molecule has 0 aliphatic carbocycles. The number of ketones is 1. The molecule has 0 N–H and O–H groups in total. The van der Waals surface area contributed by atoms with Gasteiger partial charge in [-0.15, -0.1) is 11.3 Å². The van der Waals surface area contributed by atoms with Gasteiger partial charge in [-0.1, -0.05) is 17.7 Å². The van der Waals surface area contributed by atoms with Crippen molar-refractivity contribution in [1.29, 1.82) is 0 Å². The minimum absolute atomic E-state index is 0.0557. The van der Waals surface area contributed by atoms with E-state index in [1.165, 1.54) is 11.3 Å². The topological polar surface area (TPSA) is 34.4 Å². The van der Waals surface area contributed by atoms with E-state index in [4.69, 9.17) is 11.6 Å². The molecule has 0 aliphatic rings. The molecule has 0 saturated carbocycles. The molecule has 3 aromatic rings. The standard InChI is InChI=1S/C12H7ClN2OS/c13-8-3-4-11-14-9(7-15(11)6-8)12(16)10-2-1-5-17-10/h1-7H.